The van der Waals surface area contributed by atoms with Crippen molar-refractivity contribution in [2.24, 2.45) is 0 Å². The molecule has 0 aromatic heterocycles. The second kappa shape index (κ2) is 10.4. The molecule has 1 aromatic carbocycles. The topological polar surface area (TPSA) is 75.7 Å². The van der Waals surface area contributed by atoms with Gasteiger partial charge in [0.05, 0.1) is 0 Å². The van der Waals surface area contributed by atoms with Crippen LogP contribution in [0, 0.1) is 0 Å². The maximum atomic E-state index is 12.3. The number of benzene rings is 1. The molecular weight excluding hydrogens is 332 g/mol. The van der Waals surface area contributed by atoms with Crippen LogP contribution in [-0.4, -0.2) is 42.4 Å². The third-order valence-corrected chi connectivity index (χ3v) is 4.18. The molecule has 0 unspecified atom stereocenters. The van der Waals surface area contributed by atoms with Crippen molar-refractivity contribution in [3.05, 3.63) is 41.6 Å². The summed E-state index contributed by atoms with van der Waals surface area (Å²) in [5, 5.41) is 2.47. The Hall–Kier alpha value is -2.63. The van der Waals surface area contributed by atoms with Gasteiger partial charge in [0.25, 0.3) is 5.91 Å². The van der Waals surface area contributed by atoms with E-state index in [0.717, 1.165) is 31.2 Å². The summed E-state index contributed by atoms with van der Waals surface area (Å²) in [6.45, 7) is 2.41. The predicted molar refractivity (Wildman–Crippen MR) is 98.9 cm³/mol. The minimum atomic E-state index is -0.718. The fourth-order valence-electron chi connectivity index (χ4n) is 2.84. The first kappa shape index (κ1) is 19.7. The van der Waals surface area contributed by atoms with Crippen molar-refractivity contribution in [3.63, 3.8) is 0 Å². The van der Waals surface area contributed by atoms with E-state index in [-0.39, 0.29) is 24.1 Å². The molecule has 2 rings (SSSR count). The highest BCUT2D eigenvalue weighted by atomic mass is 16.5. The van der Waals surface area contributed by atoms with E-state index in [2.05, 4.69) is 5.32 Å². The number of nitrogens with zero attached hydrogens (tertiary/aromatic N) is 1. The summed E-state index contributed by atoms with van der Waals surface area (Å²) in [6, 6.07) is 9.12. The van der Waals surface area contributed by atoms with Gasteiger partial charge in [-0.3, -0.25) is 9.59 Å². The van der Waals surface area contributed by atoms with E-state index in [4.69, 9.17) is 4.74 Å². The van der Waals surface area contributed by atoms with E-state index in [1.54, 1.807) is 17.0 Å². The molecule has 6 nitrogen and oxygen atoms in total. The molecule has 2 amide bonds. The molecule has 0 spiro atoms. The number of esters is 1. The number of carbonyl (C=O) groups excluding carboxylic acids is 3. The van der Waals surface area contributed by atoms with Gasteiger partial charge in [0.2, 0.25) is 5.91 Å². The Morgan fingerprint density at radius 3 is 2.27 bits per heavy atom. The lowest BCUT2D eigenvalue weighted by molar-refractivity contribution is -0.149. The fraction of sp³-hybridized carbons (Fsp3) is 0.450. The normalized spacial score (nSPS) is 15.6. The third kappa shape index (κ3) is 6.70. The maximum absolute atomic E-state index is 12.3. The van der Waals surface area contributed by atoms with Gasteiger partial charge in [-0.1, -0.05) is 49.6 Å². The molecule has 6 heteroatoms. The van der Waals surface area contributed by atoms with Crippen LogP contribution in [-0.2, 0) is 19.1 Å². The van der Waals surface area contributed by atoms with Crippen molar-refractivity contribution in [2.45, 2.75) is 39.0 Å². The molecule has 1 N–H and O–H groups in total. The van der Waals surface area contributed by atoms with Crippen molar-refractivity contribution < 1.29 is 19.1 Å². The van der Waals surface area contributed by atoms with Crippen molar-refractivity contribution in [3.8, 4) is 0 Å². The number of hydrogen-bond acceptors (Lipinski definition) is 4. The third-order valence-electron chi connectivity index (χ3n) is 4.18. The van der Waals surface area contributed by atoms with Crippen LogP contribution < -0.4 is 5.32 Å². The standard InChI is InChI=1S/C20H26N2O4/c1-16(23)21-18(14-17-10-6-5-7-11-17)20(25)26-15-19(24)22-12-8-3-2-4-9-13-22/h5-7,10-11,14H,2-4,8-9,12-13,15H2,1H3,(H,21,23)/b18-14-. The van der Waals surface area contributed by atoms with Crippen LogP contribution in [0.15, 0.2) is 36.0 Å². The number of hydrogen-bond donors (Lipinski definition) is 1. The van der Waals surface area contributed by atoms with Crippen LogP contribution >= 0.6 is 0 Å². The number of carbonyl (C=O) groups is 3. The van der Waals surface area contributed by atoms with E-state index in [1.165, 1.54) is 19.4 Å². The van der Waals surface area contributed by atoms with Gasteiger partial charge in [0.1, 0.15) is 5.70 Å². The van der Waals surface area contributed by atoms with E-state index < -0.39 is 5.97 Å². The van der Waals surface area contributed by atoms with Gasteiger partial charge in [0.15, 0.2) is 6.61 Å². The Balaban J connectivity index is 1.96. The van der Waals surface area contributed by atoms with Crippen LogP contribution in [0.4, 0.5) is 0 Å². The summed E-state index contributed by atoms with van der Waals surface area (Å²) in [6.07, 6.45) is 6.94. The summed E-state index contributed by atoms with van der Waals surface area (Å²) in [7, 11) is 0. The van der Waals surface area contributed by atoms with Gasteiger partial charge in [-0.15, -0.1) is 0 Å². The highest BCUT2D eigenvalue weighted by Crippen LogP contribution is 2.11. The highest BCUT2D eigenvalue weighted by molar-refractivity contribution is 5.98. The number of amides is 2. The number of nitrogens with one attached hydrogen (secondary N) is 1. The van der Waals surface area contributed by atoms with Gasteiger partial charge < -0.3 is 15.0 Å². The predicted octanol–water partition coefficient (Wildman–Crippen LogP) is 2.50. The van der Waals surface area contributed by atoms with Gasteiger partial charge in [-0.25, -0.2) is 4.79 Å². The van der Waals surface area contributed by atoms with Gasteiger partial charge in [-0.2, -0.15) is 0 Å². The summed E-state index contributed by atoms with van der Waals surface area (Å²) in [5.41, 5.74) is 0.771. The Bertz CT molecular complexity index is 647. The average Bonchev–Trinajstić information content (AvgIpc) is 2.59. The Morgan fingerprint density at radius 2 is 1.65 bits per heavy atom. The second-order valence-corrected chi connectivity index (χ2v) is 6.37. The lowest BCUT2D eigenvalue weighted by atomic mass is 10.1. The molecule has 0 atom stereocenters. The van der Waals surface area contributed by atoms with Crippen LogP contribution in [0.3, 0.4) is 0 Å². The van der Waals surface area contributed by atoms with Crippen LogP contribution in [0.25, 0.3) is 6.08 Å². The van der Waals surface area contributed by atoms with E-state index in [1.807, 2.05) is 18.2 Å². The Kier molecular flexibility index (Phi) is 7.86. The van der Waals surface area contributed by atoms with E-state index >= 15 is 0 Å². The van der Waals surface area contributed by atoms with Crippen molar-refractivity contribution >= 4 is 23.9 Å². The maximum Gasteiger partial charge on any atom is 0.355 e. The van der Waals surface area contributed by atoms with Gasteiger partial charge in [-0.05, 0) is 24.5 Å². The first-order valence-corrected chi connectivity index (χ1v) is 9.05. The summed E-state index contributed by atoms with van der Waals surface area (Å²) >= 11 is 0. The van der Waals surface area contributed by atoms with Crippen LogP contribution in [0.1, 0.15) is 44.6 Å². The Labute approximate surface area is 154 Å². The van der Waals surface area contributed by atoms with Crippen molar-refractivity contribution in [1.29, 1.82) is 0 Å². The molecule has 140 valence electrons. The van der Waals surface area contributed by atoms with Crippen LogP contribution in [0.2, 0.25) is 0 Å². The quantitative estimate of drug-likeness (QED) is 0.648. The molecule has 0 aliphatic carbocycles. The minimum Gasteiger partial charge on any atom is -0.451 e. The summed E-state index contributed by atoms with van der Waals surface area (Å²) in [4.78, 5) is 37.8. The molecule has 1 aliphatic rings. The molecule has 0 saturated carbocycles. The summed E-state index contributed by atoms with van der Waals surface area (Å²) in [5.74, 6) is -1.29. The SMILES string of the molecule is CC(=O)N/C(=C\c1ccccc1)C(=O)OCC(=O)N1CCCCCCC1. The molecule has 0 bridgehead atoms. The largest absolute Gasteiger partial charge is 0.451 e. The summed E-state index contributed by atoms with van der Waals surface area (Å²) < 4.78 is 5.15. The second-order valence-electron chi connectivity index (χ2n) is 6.37. The Morgan fingerprint density at radius 1 is 1.04 bits per heavy atom. The first-order valence-electron chi connectivity index (χ1n) is 9.05. The monoisotopic (exact) mass is 358 g/mol. The molecule has 1 aliphatic heterocycles. The van der Waals surface area contributed by atoms with Gasteiger partial charge in [0, 0.05) is 20.0 Å². The zero-order chi connectivity index (χ0) is 18.8. The molecule has 1 fully saturated rings. The minimum absolute atomic E-state index is 0.0177. The molecule has 1 saturated heterocycles. The zero-order valence-electron chi connectivity index (χ0n) is 15.2. The fourth-order valence-corrected chi connectivity index (χ4v) is 2.84. The average molecular weight is 358 g/mol. The van der Waals surface area contributed by atoms with E-state index in [9.17, 15) is 14.4 Å². The number of ether oxygens (including phenoxy) is 1. The lowest BCUT2D eigenvalue weighted by Gasteiger charge is -2.24. The van der Waals surface area contributed by atoms with Crippen molar-refractivity contribution in [2.75, 3.05) is 19.7 Å². The van der Waals surface area contributed by atoms with E-state index in [0.29, 0.717) is 13.1 Å². The molecular formula is C20H26N2O4. The molecule has 0 radical (unpaired) electrons. The first-order chi connectivity index (χ1) is 12.6. The lowest BCUT2D eigenvalue weighted by Crippen LogP contribution is -2.37. The number of likely N-dealkylation sites (tertiary alicyclic amines) is 1. The molecule has 26 heavy (non-hydrogen) atoms. The smallest absolute Gasteiger partial charge is 0.355 e. The number of rotatable bonds is 5. The van der Waals surface area contributed by atoms with Crippen LogP contribution in [0.5, 0.6) is 0 Å². The highest BCUT2D eigenvalue weighted by Gasteiger charge is 2.19. The van der Waals surface area contributed by atoms with Gasteiger partial charge >= 0.3 is 5.97 Å². The molecule has 1 heterocycles. The zero-order valence-corrected chi connectivity index (χ0v) is 15.2. The van der Waals surface area contributed by atoms with Crippen molar-refractivity contribution in [1.82, 2.24) is 10.2 Å². The molecule has 1 aromatic rings.